The zero-order chi connectivity index (χ0) is 18.6. The third kappa shape index (κ3) is 5.00. The van der Waals surface area contributed by atoms with Crippen LogP contribution in [0.2, 0.25) is 0 Å². The number of nitriles is 1. The van der Waals surface area contributed by atoms with Crippen molar-refractivity contribution in [2.75, 3.05) is 24.4 Å². The van der Waals surface area contributed by atoms with Crippen molar-refractivity contribution in [1.29, 1.82) is 5.26 Å². The number of nitrogens with one attached hydrogen (secondary N) is 1. The van der Waals surface area contributed by atoms with Crippen molar-refractivity contribution < 1.29 is 13.2 Å². The molecule has 0 saturated carbocycles. The van der Waals surface area contributed by atoms with E-state index in [1.54, 1.807) is 10.9 Å². The highest BCUT2D eigenvalue weighted by Gasteiger charge is 2.28. The molecule has 1 aliphatic heterocycles. The summed E-state index contributed by atoms with van der Waals surface area (Å²) >= 11 is 1.82. The van der Waals surface area contributed by atoms with E-state index in [0.29, 0.717) is 12.2 Å². The number of hydrogen-bond acceptors (Lipinski definition) is 6. The standard InChI is InChI=1S/C17H20N4O3S2/c1-26(22,23)20-17-6-7-25-12-14(17)11-24-16-4-2-15(3-5-16)21-10-13(8-18)9-19-21/h2-5,9-10,14,17,20H,6-7,11-12H2,1H3/t14-,17-/m0/s1. The normalized spacial score (nSPS) is 20.5. The Bertz CT molecular complexity index is 887. The average Bonchev–Trinajstić information content (AvgIpc) is 3.09. The van der Waals surface area contributed by atoms with Crippen LogP contribution in [-0.4, -0.2) is 48.6 Å². The van der Waals surface area contributed by atoms with Crippen molar-refractivity contribution in [2.24, 2.45) is 5.92 Å². The lowest BCUT2D eigenvalue weighted by molar-refractivity contribution is 0.229. The van der Waals surface area contributed by atoms with Crippen molar-refractivity contribution in [3.8, 4) is 17.5 Å². The molecule has 2 atom stereocenters. The highest BCUT2D eigenvalue weighted by Crippen LogP contribution is 2.25. The average molecular weight is 393 g/mol. The predicted molar refractivity (Wildman–Crippen MR) is 101 cm³/mol. The third-order valence-electron chi connectivity index (χ3n) is 4.12. The molecule has 7 nitrogen and oxygen atoms in total. The minimum Gasteiger partial charge on any atom is -0.493 e. The zero-order valence-electron chi connectivity index (χ0n) is 14.3. The van der Waals surface area contributed by atoms with Gasteiger partial charge in [0.05, 0.1) is 30.3 Å². The van der Waals surface area contributed by atoms with Crippen molar-refractivity contribution in [1.82, 2.24) is 14.5 Å². The molecule has 9 heteroatoms. The summed E-state index contributed by atoms with van der Waals surface area (Å²) in [6.07, 6.45) is 5.18. The van der Waals surface area contributed by atoms with Gasteiger partial charge >= 0.3 is 0 Å². The lowest BCUT2D eigenvalue weighted by Gasteiger charge is -2.31. The molecule has 1 fully saturated rings. The second kappa shape index (κ2) is 8.12. The van der Waals surface area contributed by atoms with E-state index >= 15 is 0 Å². The Morgan fingerprint density at radius 2 is 2.19 bits per heavy atom. The van der Waals surface area contributed by atoms with E-state index in [1.165, 1.54) is 12.5 Å². The first kappa shape index (κ1) is 18.8. The van der Waals surface area contributed by atoms with Gasteiger partial charge in [0.25, 0.3) is 0 Å². The second-order valence-electron chi connectivity index (χ2n) is 6.21. The Hall–Kier alpha value is -2.02. The Kier molecular flexibility index (Phi) is 5.86. The van der Waals surface area contributed by atoms with Gasteiger partial charge < -0.3 is 4.74 Å². The molecule has 0 bridgehead atoms. The van der Waals surface area contributed by atoms with Crippen molar-refractivity contribution in [3.63, 3.8) is 0 Å². The van der Waals surface area contributed by atoms with E-state index in [1.807, 2.05) is 42.1 Å². The molecule has 1 aliphatic rings. The van der Waals surface area contributed by atoms with Crippen LogP contribution in [0.4, 0.5) is 0 Å². The number of benzene rings is 1. The van der Waals surface area contributed by atoms with Gasteiger partial charge in [-0.05, 0) is 36.4 Å². The molecule has 2 heterocycles. The van der Waals surface area contributed by atoms with Gasteiger partial charge in [-0.3, -0.25) is 0 Å². The minimum atomic E-state index is -3.22. The molecule has 1 aromatic heterocycles. The van der Waals surface area contributed by atoms with Gasteiger partial charge in [0.2, 0.25) is 10.0 Å². The van der Waals surface area contributed by atoms with E-state index in [-0.39, 0.29) is 12.0 Å². The first-order chi connectivity index (χ1) is 12.4. The zero-order valence-corrected chi connectivity index (χ0v) is 16.0. The minimum absolute atomic E-state index is 0.0843. The first-order valence-electron chi connectivity index (χ1n) is 8.17. The van der Waals surface area contributed by atoms with Crippen LogP contribution in [-0.2, 0) is 10.0 Å². The van der Waals surface area contributed by atoms with Crippen LogP contribution in [0.25, 0.3) is 5.69 Å². The number of nitrogens with zero attached hydrogens (tertiary/aromatic N) is 3. The van der Waals surface area contributed by atoms with Crippen LogP contribution in [0.15, 0.2) is 36.7 Å². The number of ether oxygens (including phenoxy) is 1. The molecule has 3 rings (SSSR count). The molecule has 138 valence electrons. The summed E-state index contributed by atoms with van der Waals surface area (Å²) in [5.74, 6) is 2.67. The highest BCUT2D eigenvalue weighted by molar-refractivity contribution is 7.99. The van der Waals surface area contributed by atoms with E-state index in [2.05, 4.69) is 9.82 Å². The molecule has 1 aromatic carbocycles. The summed E-state index contributed by atoms with van der Waals surface area (Å²) < 4.78 is 33.3. The van der Waals surface area contributed by atoms with Crippen LogP contribution >= 0.6 is 11.8 Å². The molecular formula is C17H20N4O3S2. The fraction of sp³-hybridized carbons (Fsp3) is 0.412. The monoisotopic (exact) mass is 392 g/mol. The van der Waals surface area contributed by atoms with Crippen molar-refractivity contribution in [2.45, 2.75) is 12.5 Å². The number of rotatable bonds is 6. The summed E-state index contributed by atoms with van der Waals surface area (Å²) in [5.41, 5.74) is 1.34. The first-order valence-corrected chi connectivity index (χ1v) is 11.2. The maximum absolute atomic E-state index is 11.5. The van der Waals surface area contributed by atoms with Crippen LogP contribution in [0.5, 0.6) is 5.75 Å². The van der Waals surface area contributed by atoms with Crippen molar-refractivity contribution in [3.05, 3.63) is 42.2 Å². The largest absolute Gasteiger partial charge is 0.493 e. The highest BCUT2D eigenvalue weighted by atomic mass is 32.2. The molecule has 1 saturated heterocycles. The van der Waals surface area contributed by atoms with E-state index in [4.69, 9.17) is 10.00 Å². The Labute approximate surface area is 157 Å². The Balaban J connectivity index is 1.61. The number of thioether (sulfide) groups is 1. The molecule has 26 heavy (non-hydrogen) atoms. The maximum Gasteiger partial charge on any atom is 0.208 e. The molecular weight excluding hydrogens is 372 g/mol. The topological polar surface area (TPSA) is 97.0 Å². The molecule has 0 amide bonds. The Morgan fingerprint density at radius 3 is 2.85 bits per heavy atom. The Morgan fingerprint density at radius 1 is 1.42 bits per heavy atom. The summed E-state index contributed by atoms with van der Waals surface area (Å²) in [7, 11) is -3.22. The van der Waals surface area contributed by atoms with Gasteiger partial charge in [-0.2, -0.15) is 22.1 Å². The number of sulfonamides is 1. The lowest BCUT2D eigenvalue weighted by atomic mass is 10.0. The molecule has 0 aliphatic carbocycles. The third-order valence-corrected chi connectivity index (χ3v) is 6.04. The summed E-state index contributed by atoms with van der Waals surface area (Å²) in [4.78, 5) is 0. The number of hydrogen-bond donors (Lipinski definition) is 1. The van der Waals surface area contributed by atoms with Crippen molar-refractivity contribution >= 4 is 21.8 Å². The van der Waals surface area contributed by atoms with Crippen LogP contribution < -0.4 is 9.46 Å². The smallest absolute Gasteiger partial charge is 0.208 e. The second-order valence-corrected chi connectivity index (χ2v) is 9.14. The van der Waals surface area contributed by atoms with E-state index in [9.17, 15) is 8.42 Å². The van der Waals surface area contributed by atoms with Gasteiger partial charge in [-0.25, -0.2) is 17.8 Å². The molecule has 0 spiro atoms. The predicted octanol–water partition coefficient (Wildman–Crippen LogP) is 1.79. The molecule has 0 unspecified atom stereocenters. The maximum atomic E-state index is 11.5. The quantitative estimate of drug-likeness (QED) is 0.805. The fourth-order valence-corrected chi connectivity index (χ4v) is 4.89. The van der Waals surface area contributed by atoms with Crippen LogP contribution in [0.3, 0.4) is 0 Å². The van der Waals surface area contributed by atoms with E-state index < -0.39 is 10.0 Å². The van der Waals surface area contributed by atoms with E-state index in [0.717, 1.165) is 29.4 Å². The van der Waals surface area contributed by atoms with Crippen LogP contribution in [0.1, 0.15) is 12.0 Å². The summed E-state index contributed by atoms with van der Waals surface area (Å²) in [5, 5.41) is 13.0. The van der Waals surface area contributed by atoms with Gasteiger partial charge in [-0.15, -0.1) is 0 Å². The molecule has 1 N–H and O–H groups in total. The summed E-state index contributed by atoms with van der Waals surface area (Å²) in [6, 6.07) is 9.39. The van der Waals surface area contributed by atoms with Gasteiger partial charge in [-0.1, -0.05) is 0 Å². The van der Waals surface area contributed by atoms with Gasteiger partial charge in [0, 0.05) is 23.9 Å². The fourth-order valence-electron chi connectivity index (χ4n) is 2.81. The van der Waals surface area contributed by atoms with Gasteiger partial charge in [0.1, 0.15) is 11.8 Å². The van der Waals surface area contributed by atoms with Crippen LogP contribution in [0, 0.1) is 17.2 Å². The lowest BCUT2D eigenvalue weighted by Crippen LogP contribution is -2.45. The number of aromatic nitrogens is 2. The van der Waals surface area contributed by atoms with Gasteiger partial charge in [0.15, 0.2) is 0 Å². The SMILES string of the molecule is CS(=O)(=O)N[C@H]1CCSC[C@@H]1COc1ccc(-n2cc(C#N)cn2)cc1. The molecule has 2 aromatic rings. The molecule has 0 radical (unpaired) electrons. The summed E-state index contributed by atoms with van der Waals surface area (Å²) in [6.45, 7) is 0.458.